The molecule has 1 heterocycles. The Morgan fingerprint density at radius 3 is 2.86 bits per heavy atom. The lowest BCUT2D eigenvalue weighted by Crippen LogP contribution is -2.62. The van der Waals surface area contributed by atoms with Crippen molar-refractivity contribution in [1.82, 2.24) is 10.6 Å². The molecule has 1 aromatic carbocycles. The molecule has 0 saturated carbocycles. The predicted molar refractivity (Wildman–Crippen MR) is 90.7 cm³/mol. The number of piperazine rings is 1. The lowest BCUT2D eigenvalue weighted by atomic mass is 9.95. The van der Waals surface area contributed by atoms with Crippen LogP contribution in [0.1, 0.15) is 39.3 Å². The van der Waals surface area contributed by atoms with Crippen molar-refractivity contribution in [1.29, 1.82) is 0 Å². The van der Waals surface area contributed by atoms with Gasteiger partial charge in [-0.3, -0.25) is 4.79 Å². The van der Waals surface area contributed by atoms with E-state index in [0.717, 1.165) is 23.2 Å². The van der Waals surface area contributed by atoms with E-state index in [0.29, 0.717) is 6.54 Å². The summed E-state index contributed by atoms with van der Waals surface area (Å²) in [6.45, 7) is 10.6. The summed E-state index contributed by atoms with van der Waals surface area (Å²) in [6, 6.07) is 6.53. The van der Waals surface area contributed by atoms with E-state index in [2.05, 4.69) is 57.4 Å². The van der Waals surface area contributed by atoms with Crippen LogP contribution in [0.4, 0.5) is 5.69 Å². The Balaban J connectivity index is 2.45. The fourth-order valence-electron chi connectivity index (χ4n) is 2.86. The Morgan fingerprint density at radius 1 is 1.48 bits per heavy atom. The Kier molecular flexibility index (Phi) is 4.94. The summed E-state index contributed by atoms with van der Waals surface area (Å²) in [6.07, 6.45) is 0. The van der Waals surface area contributed by atoms with Gasteiger partial charge in [0.25, 0.3) is 0 Å². The molecule has 2 rings (SSSR count). The van der Waals surface area contributed by atoms with Crippen LogP contribution in [0.25, 0.3) is 0 Å². The van der Waals surface area contributed by atoms with Crippen molar-refractivity contribution in [2.45, 2.75) is 39.3 Å². The maximum atomic E-state index is 12.2. The molecule has 0 radical (unpaired) electrons. The molecule has 0 spiro atoms. The van der Waals surface area contributed by atoms with E-state index in [-0.39, 0.29) is 11.9 Å². The number of hydrogen-bond donors (Lipinski definition) is 2. The minimum atomic E-state index is -0.535. The van der Waals surface area contributed by atoms with Gasteiger partial charge in [0.05, 0.1) is 0 Å². The van der Waals surface area contributed by atoms with Crippen molar-refractivity contribution >= 4 is 27.5 Å². The van der Waals surface area contributed by atoms with Crippen LogP contribution in [-0.4, -0.2) is 31.1 Å². The highest BCUT2D eigenvalue weighted by molar-refractivity contribution is 9.10. The minimum absolute atomic E-state index is 0.0822. The van der Waals surface area contributed by atoms with Crippen molar-refractivity contribution < 1.29 is 4.79 Å². The number of anilines is 1. The maximum Gasteiger partial charge on any atom is 0.245 e. The zero-order chi connectivity index (χ0) is 15.6. The number of halogens is 1. The van der Waals surface area contributed by atoms with Crippen LogP contribution in [0.5, 0.6) is 0 Å². The molecule has 1 atom stereocenters. The summed E-state index contributed by atoms with van der Waals surface area (Å²) in [5, 5.41) is 6.41. The third-order valence-electron chi connectivity index (χ3n) is 4.11. The SMILES string of the molecule is CCNC(C)c1cc(Br)ccc1N1CCNC(=O)C1(C)C. The van der Waals surface area contributed by atoms with Gasteiger partial charge in [0.15, 0.2) is 0 Å². The van der Waals surface area contributed by atoms with Gasteiger partial charge < -0.3 is 15.5 Å². The van der Waals surface area contributed by atoms with Gasteiger partial charge in [-0.05, 0) is 51.1 Å². The lowest BCUT2D eigenvalue weighted by Gasteiger charge is -2.44. The molecule has 1 aliphatic heterocycles. The molecule has 1 saturated heterocycles. The number of nitrogens with one attached hydrogen (secondary N) is 2. The molecular formula is C16H24BrN3O. The van der Waals surface area contributed by atoms with Crippen molar-refractivity contribution in [3.05, 3.63) is 28.2 Å². The van der Waals surface area contributed by atoms with Crippen LogP contribution in [0.15, 0.2) is 22.7 Å². The quantitative estimate of drug-likeness (QED) is 0.874. The summed E-state index contributed by atoms with van der Waals surface area (Å²) in [4.78, 5) is 14.4. The molecule has 1 fully saturated rings. The predicted octanol–water partition coefficient (Wildman–Crippen LogP) is 2.83. The standard InChI is InChI=1S/C16H24BrN3O/c1-5-18-11(2)13-10-12(17)6-7-14(13)20-9-8-19-15(21)16(20,3)4/h6-7,10-11,18H,5,8-9H2,1-4H3,(H,19,21). The minimum Gasteiger partial charge on any atom is -0.355 e. The number of benzene rings is 1. The zero-order valence-electron chi connectivity index (χ0n) is 13.2. The van der Waals surface area contributed by atoms with Crippen molar-refractivity contribution in [3.63, 3.8) is 0 Å². The second kappa shape index (κ2) is 6.36. The van der Waals surface area contributed by atoms with Crippen LogP contribution in [0, 0.1) is 0 Å². The van der Waals surface area contributed by atoms with Crippen LogP contribution >= 0.6 is 15.9 Å². The molecule has 1 unspecified atom stereocenters. The highest BCUT2D eigenvalue weighted by Gasteiger charge is 2.38. The van der Waals surface area contributed by atoms with Crippen molar-refractivity contribution in [3.8, 4) is 0 Å². The molecule has 4 nitrogen and oxygen atoms in total. The fraction of sp³-hybridized carbons (Fsp3) is 0.562. The van der Waals surface area contributed by atoms with Crippen LogP contribution < -0.4 is 15.5 Å². The molecule has 0 bridgehead atoms. The van der Waals surface area contributed by atoms with Crippen LogP contribution in [0.3, 0.4) is 0 Å². The van der Waals surface area contributed by atoms with Gasteiger partial charge >= 0.3 is 0 Å². The summed E-state index contributed by atoms with van der Waals surface area (Å²) in [5.41, 5.74) is 1.81. The van der Waals surface area contributed by atoms with E-state index in [1.54, 1.807) is 0 Å². The number of nitrogens with zero attached hydrogens (tertiary/aromatic N) is 1. The van der Waals surface area contributed by atoms with Crippen molar-refractivity contribution in [2.24, 2.45) is 0 Å². The fourth-order valence-corrected chi connectivity index (χ4v) is 3.23. The molecule has 1 amide bonds. The first-order valence-corrected chi connectivity index (χ1v) is 8.26. The first-order valence-electron chi connectivity index (χ1n) is 7.46. The van der Waals surface area contributed by atoms with E-state index >= 15 is 0 Å². The van der Waals surface area contributed by atoms with Gasteiger partial charge in [0.2, 0.25) is 5.91 Å². The molecule has 0 aromatic heterocycles. The first-order chi connectivity index (χ1) is 9.87. The van der Waals surface area contributed by atoms with Gasteiger partial charge in [-0.2, -0.15) is 0 Å². The average molecular weight is 354 g/mol. The number of amides is 1. The second-order valence-corrected chi connectivity index (χ2v) is 6.86. The molecule has 2 N–H and O–H groups in total. The summed E-state index contributed by atoms with van der Waals surface area (Å²) >= 11 is 3.55. The molecule has 116 valence electrons. The Bertz CT molecular complexity index is 530. The topological polar surface area (TPSA) is 44.4 Å². The molecule has 5 heteroatoms. The van der Waals surface area contributed by atoms with E-state index in [9.17, 15) is 4.79 Å². The van der Waals surface area contributed by atoms with E-state index in [1.165, 1.54) is 5.56 Å². The number of carbonyl (C=O) groups excluding carboxylic acids is 1. The maximum absolute atomic E-state index is 12.2. The lowest BCUT2D eigenvalue weighted by molar-refractivity contribution is -0.126. The molecule has 21 heavy (non-hydrogen) atoms. The monoisotopic (exact) mass is 353 g/mol. The average Bonchev–Trinajstić information content (AvgIpc) is 2.42. The zero-order valence-corrected chi connectivity index (χ0v) is 14.8. The van der Waals surface area contributed by atoms with Crippen LogP contribution in [-0.2, 0) is 4.79 Å². The third-order valence-corrected chi connectivity index (χ3v) is 4.60. The number of hydrogen-bond acceptors (Lipinski definition) is 3. The third kappa shape index (κ3) is 3.24. The smallest absolute Gasteiger partial charge is 0.245 e. The van der Waals surface area contributed by atoms with Gasteiger partial charge in [0, 0.05) is 29.3 Å². The highest BCUT2D eigenvalue weighted by Crippen LogP contribution is 2.34. The number of rotatable bonds is 4. The molecule has 0 aliphatic carbocycles. The highest BCUT2D eigenvalue weighted by atomic mass is 79.9. The largest absolute Gasteiger partial charge is 0.355 e. The van der Waals surface area contributed by atoms with Gasteiger partial charge in [0.1, 0.15) is 5.54 Å². The van der Waals surface area contributed by atoms with E-state index in [1.807, 2.05) is 19.9 Å². The Hall–Kier alpha value is -1.07. The van der Waals surface area contributed by atoms with Gasteiger partial charge in [-0.25, -0.2) is 0 Å². The second-order valence-electron chi connectivity index (χ2n) is 5.95. The Labute approximate surface area is 135 Å². The molecular weight excluding hydrogens is 330 g/mol. The van der Waals surface area contributed by atoms with Gasteiger partial charge in [-0.15, -0.1) is 0 Å². The van der Waals surface area contributed by atoms with E-state index in [4.69, 9.17) is 0 Å². The number of carbonyl (C=O) groups is 1. The molecule has 1 aromatic rings. The van der Waals surface area contributed by atoms with Crippen LogP contribution in [0.2, 0.25) is 0 Å². The summed E-state index contributed by atoms with van der Waals surface area (Å²) in [5.74, 6) is 0.0822. The normalized spacial score (nSPS) is 19.3. The summed E-state index contributed by atoms with van der Waals surface area (Å²) in [7, 11) is 0. The molecule has 1 aliphatic rings. The van der Waals surface area contributed by atoms with Crippen molar-refractivity contribution in [2.75, 3.05) is 24.5 Å². The summed E-state index contributed by atoms with van der Waals surface area (Å²) < 4.78 is 1.06. The van der Waals surface area contributed by atoms with Gasteiger partial charge in [-0.1, -0.05) is 22.9 Å². The Morgan fingerprint density at radius 2 is 2.19 bits per heavy atom. The van der Waals surface area contributed by atoms with E-state index < -0.39 is 5.54 Å². The first kappa shape index (κ1) is 16.3.